The predicted molar refractivity (Wildman–Crippen MR) is 84.2 cm³/mol. The number of benzene rings is 1. The van der Waals surface area contributed by atoms with E-state index in [0.29, 0.717) is 17.0 Å². The molecule has 0 spiro atoms. The molecule has 1 atom stereocenters. The minimum Gasteiger partial charge on any atom is -0.396 e. The minimum absolute atomic E-state index is 0. The van der Waals surface area contributed by atoms with Crippen molar-refractivity contribution in [2.24, 2.45) is 0 Å². The SMILES string of the molecule is Cl.O=[N+]([O-])c1ccc(Cl)cc1[C@@H](CCO)N1CCNCC1. The Kier molecular flexibility index (Phi) is 7.34. The van der Waals surface area contributed by atoms with Gasteiger partial charge in [0.25, 0.3) is 5.69 Å². The Balaban J connectivity index is 0.00000220. The van der Waals surface area contributed by atoms with Crippen molar-refractivity contribution in [2.75, 3.05) is 32.8 Å². The summed E-state index contributed by atoms with van der Waals surface area (Å²) in [6, 6.07) is 4.42. The first-order chi connectivity index (χ1) is 9.63. The summed E-state index contributed by atoms with van der Waals surface area (Å²) in [4.78, 5) is 13.0. The van der Waals surface area contributed by atoms with Gasteiger partial charge in [-0.1, -0.05) is 11.6 Å². The molecule has 2 rings (SSSR count). The van der Waals surface area contributed by atoms with Crippen molar-refractivity contribution in [3.05, 3.63) is 38.9 Å². The van der Waals surface area contributed by atoms with E-state index in [4.69, 9.17) is 11.6 Å². The van der Waals surface area contributed by atoms with Crippen LogP contribution in [0.4, 0.5) is 5.69 Å². The molecule has 1 aromatic rings. The zero-order chi connectivity index (χ0) is 14.5. The molecule has 0 aromatic heterocycles. The van der Waals surface area contributed by atoms with Gasteiger partial charge in [0.2, 0.25) is 0 Å². The molecule has 0 unspecified atom stereocenters. The molecule has 1 aliphatic rings. The molecule has 6 nitrogen and oxygen atoms in total. The third kappa shape index (κ3) is 4.52. The molecule has 0 saturated carbocycles. The quantitative estimate of drug-likeness (QED) is 0.635. The summed E-state index contributed by atoms with van der Waals surface area (Å²) < 4.78 is 0. The summed E-state index contributed by atoms with van der Waals surface area (Å²) in [5, 5.41) is 24.2. The largest absolute Gasteiger partial charge is 0.396 e. The van der Waals surface area contributed by atoms with Gasteiger partial charge in [0, 0.05) is 55.5 Å². The Labute approximate surface area is 134 Å². The number of halogens is 2. The van der Waals surface area contributed by atoms with Crippen LogP contribution in [-0.4, -0.2) is 47.7 Å². The Morgan fingerprint density at radius 1 is 1.43 bits per heavy atom. The summed E-state index contributed by atoms with van der Waals surface area (Å²) in [6.07, 6.45) is 0.460. The molecular formula is C13H19Cl2N3O3. The van der Waals surface area contributed by atoms with E-state index >= 15 is 0 Å². The molecule has 118 valence electrons. The fraction of sp³-hybridized carbons (Fsp3) is 0.538. The highest BCUT2D eigenvalue weighted by molar-refractivity contribution is 6.30. The smallest absolute Gasteiger partial charge is 0.274 e. The van der Waals surface area contributed by atoms with E-state index in [-0.39, 0.29) is 30.7 Å². The van der Waals surface area contributed by atoms with Crippen LogP contribution in [-0.2, 0) is 0 Å². The molecule has 0 bridgehead atoms. The fourth-order valence-corrected chi connectivity index (χ4v) is 2.79. The van der Waals surface area contributed by atoms with Crippen molar-refractivity contribution in [3.63, 3.8) is 0 Å². The number of rotatable bonds is 5. The van der Waals surface area contributed by atoms with Gasteiger partial charge >= 0.3 is 0 Å². The third-order valence-electron chi connectivity index (χ3n) is 3.54. The number of aliphatic hydroxyl groups excluding tert-OH is 1. The average molecular weight is 336 g/mol. The summed E-state index contributed by atoms with van der Waals surface area (Å²) in [5.41, 5.74) is 0.643. The maximum absolute atomic E-state index is 11.2. The van der Waals surface area contributed by atoms with Crippen LogP contribution in [0.25, 0.3) is 0 Å². The molecule has 0 radical (unpaired) electrons. The van der Waals surface area contributed by atoms with Gasteiger partial charge in [-0.2, -0.15) is 0 Å². The molecule has 8 heteroatoms. The molecule has 1 saturated heterocycles. The molecule has 2 N–H and O–H groups in total. The molecular weight excluding hydrogens is 317 g/mol. The van der Waals surface area contributed by atoms with Crippen LogP contribution in [0.2, 0.25) is 5.02 Å². The fourth-order valence-electron chi connectivity index (χ4n) is 2.61. The zero-order valence-electron chi connectivity index (χ0n) is 11.5. The lowest BCUT2D eigenvalue weighted by Gasteiger charge is -2.34. The lowest BCUT2D eigenvalue weighted by molar-refractivity contribution is -0.386. The highest BCUT2D eigenvalue weighted by Gasteiger charge is 2.28. The molecule has 0 amide bonds. The molecule has 1 aliphatic heterocycles. The summed E-state index contributed by atoms with van der Waals surface area (Å²) in [7, 11) is 0. The van der Waals surface area contributed by atoms with E-state index in [1.807, 2.05) is 0 Å². The standard InChI is InChI=1S/C13H18ClN3O3.ClH/c14-10-1-2-13(17(19)20)11(9-10)12(3-8-18)16-6-4-15-5-7-16;/h1-2,9,12,15,18H,3-8H2;1H/t12-;/m1./s1. The van der Waals surface area contributed by atoms with E-state index in [1.165, 1.54) is 12.1 Å². The highest BCUT2D eigenvalue weighted by atomic mass is 35.5. The first-order valence-electron chi connectivity index (χ1n) is 6.63. The molecule has 1 aromatic carbocycles. The summed E-state index contributed by atoms with van der Waals surface area (Å²) in [6.45, 7) is 3.27. The van der Waals surface area contributed by atoms with Gasteiger partial charge in [0.15, 0.2) is 0 Å². The van der Waals surface area contributed by atoms with E-state index in [2.05, 4.69) is 10.2 Å². The molecule has 1 heterocycles. The van der Waals surface area contributed by atoms with Crippen molar-refractivity contribution in [1.29, 1.82) is 0 Å². The first kappa shape index (κ1) is 18.1. The highest BCUT2D eigenvalue weighted by Crippen LogP contribution is 2.33. The number of piperazine rings is 1. The second-order valence-corrected chi connectivity index (χ2v) is 5.21. The van der Waals surface area contributed by atoms with Gasteiger partial charge in [-0.3, -0.25) is 15.0 Å². The predicted octanol–water partition coefficient (Wildman–Crippen LogP) is 2.00. The van der Waals surface area contributed by atoms with E-state index < -0.39 is 4.92 Å². The van der Waals surface area contributed by atoms with Gasteiger partial charge in [0.1, 0.15) is 0 Å². The number of hydrogen-bond acceptors (Lipinski definition) is 5. The topological polar surface area (TPSA) is 78.6 Å². The van der Waals surface area contributed by atoms with Gasteiger partial charge in [0.05, 0.1) is 4.92 Å². The van der Waals surface area contributed by atoms with Crippen molar-refractivity contribution in [1.82, 2.24) is 10.2 Å². The van der Waals surface area contributed by atoms with Gasteiger partial charge in [-0.05, 0) is 18.6 Å². The Hall–Kier alpha value is -0.920. The first-order valence-corrected chi connectivity index (χ1v) is 7.00. The van der Waals surface area contributed by atoms with Crippen LogP contribution in [0.15, 0.2) is 18.2 Å². The zero-order valence-corrected chi connectivity index (χ0v) is 13.1. The van der Waals surface area contributed by atoms with Crippen LogP contribution in [0.5, 0.6) is 0 Å². The van der Waals surface area contributed by atoms with E-state index in [0.717, 1.165) is 26.2 Å². The van der Waals surface area contributed by atoms with E-state index in [9.17, 15) is 15.2 Å². The van der Waals surface area contributed by atoms with Crippen molar-refractivity contribution in [3.8, 4) is 0 Å². The molecule has 1 fully saturated rings. The van der Waals surface area contributed by atoms with Crippen molar-refractivity contribution in [2.45, 2.75) is 12.5 Å². The number of nitrogens with one attached hydrogen (secondary N) is 1. The molecule has 21 heavy (non-hydrogen) atoms. The maximum Gasteiger partial charge on any atom is 0.274 e. The van der Waals surface area contributed by atoms with Gasteiger partial charge in [-0.25, -0.2) is 0 Å². The van der Waals surface area contributed by atoms with Crippen molar-refractivity contribution < 1.29 is 10.0 Å². The van der Waals surface area contributed by atoms with Gasteiger partial charge in [-0.15, -0.1) is 12.4 Å². The number of nitro benzene ring substituents is 1. The normalized spacial score (nSPS) is 17.0. The minimum atomic E-state index is -0.391. The number of aliphatic hydroxyl groups is 1. The van der Waals surface area contributed by atoms with Gasteiger partial charge < -0.3 is 10.4 Å². The number of hydrogen-bond donors (Lipinski definition) is 2. The van der Waals surface area contributed by atoms with Crippen LogP contribution in [0, 0.1) is 10.1 Å². The maximum atomic E-state index is 11.2. The summed E-state index contributed by atoms with van der Waals surface area (Å²) in [5.74, 6) is 0. The lowest BCUT2D eigenvalue weighted by Crippen LogP contribution is -2.45. The third-order valence-corrected chi connectivity index (χ3v) is 3.78. The lowest BCUT2D eigenvalue weighted by atomic mass is 9.99. The molecule has 0 aliphatic carbocycles. The summed E-state index contributed by atoms with van der Waals surface area (Å²) >= 11 is 5.99. The average Bonchev–Trinajstić information content (AvgIpc) is 2.45. The van der Waals surface area contributed by atoms with Crippen LogP contribution < -0.4 is 5.32 Å². The second-order valence-electron chi connectivity index (χ2n) is 4.77. The van der Waals surface area contributed by atoms with Crippen LogP contribution in [0.3, 0.4) is 0 Å². The van der Waals surface area contributed by atoms with E-state index in [1.54, 1.807) is 6.07 Å². The Morgan fingerprint density at radius 2 is 2.10 bits per heavy atom. The van der Waals surface area contributed by atoms with Crippen LogP contribution in [0.1, 0.15) is 18.0 Å². The number of nitrogens with zero attached hydrogens (tertiary/aromatic N) is 2. The second kappa shape index (κ2) is 8.51. The monoisotopic (exact) mass is 335 g/mol. The van der Waals surface area contributed by atoms with Crippen LogP contribution >= 0.6 is 24.0 Å². The number of nitro groups is 1. The Bertz CT molecular complexity index is 482. The Morgan fingerprint density at radius 3 is 2.67 bits per heavy atom. The van der Waals surface area contributed by atoms with Crippen molar-refractivity contribution >= 4 is 29.7 Å².